The molecular weight excluding hydrogens is 208 g/mol. The van der Waals surface area contributed by atoms with Crippen LogP contribution >= 0.6 is 0 Å². The van der Waals surface area contributed by atoms with Gasteiger partial charge in [-0.3, -0.25) is 0 Å². The molecule has 0 aromatic rings. The number of amides is 2. The third-order valence-corrected chi connectivity index (χ3v) is 2.10. The molecule has 0 rings (SSSR count). The van der Waals surface area contributed by atoms with Crippen molar-refractivity contribution in [1.82, 2.24) is 10.6 Å². The topological polar surface area (TPSA) is 78.4 Å². The van der Waals surface area contributed by atoms with Crippen LogP contribution in [-0.2, 0) is 4.79 Å². The number of hydrogen-bond donors (Lipinski definition) is 3. The Balaban J connectivity index is 4.16. The van der Waals surface area contributed by atoms with Gasteiger partial charge in [-0.15, -0.1) is 6.42 Å². The molecule has 0 saturated carbocycles. The lowest BCUT2D eigenvalue weighted by Crippen LogP contribution is -2.48. The molecular formula is C11H18N2O3. The first-order valence-electron chi connectivity index (χ1n) is 5.31. The van der Waals surface area contributed by atoms with E-state index in [0.717, 1.165) is 6.42 Å². The molecule has 0 saturated heterocycles. The van der Waals surface area contributed by atoms with Crippen LogP contribution in [0.25, 0.3) is 0 Å². The van der Waals surface area contributed by atoms with E-state index in [-0.39, 0.29) is 6.04 Å². The van der Waals surface area contributed by atoms with E-state index in [1.54, 1.807) is 6.92 Å². The molecule has 0 aliphatic carbocycles. The molecule has 2 atom stereocenters. The average Bonchev–Trinajstić information content (AvgIpc) is 2.24. The van der Waals surface area contributed by atoms with Crippen molar-refractivity contribution in [3.05, 3.63) is 0 Å². The summed E-state index contributed by atoms with van der Waals surface area (Å²) in [6.45, 7) is 3.64. The predicted octanol–water partition coefficient (Wildman–Crippen LogP) is 0.951. The van der Waals surface area contributed by atoms with Crippen molar-refractivity contribution in [3.63, 3.8) is 0 Å². The summed E-state index contributed by atoms with van der Waals surface area (Å²) in [5.41, 5.74) is 0. The van der Waals surface area contributed by atoms with Crippen LogP contribution in [0, 0.1) is 12.3 Å². The van der Waals surface area contributed by atoms with Gasteiger partial charge in [0.25, 0.3) is 0 Å². The van der Waals surface area contributed by atoms with Crippen LogP contribution in [0.4, 0.5) is 4.79 Å². The Morgan fingerprint density at radius 1 is 1.38 bits per heavy atom. The van der Waals surface area contributed by atoms with E-state index in [9.17, 15) is 9.59 Å². The van der Waals surface area contributed by atoms with E-state index < -0.39 is 18.0 Å². The first-order valence-corrected chi connectivity index (χ1v) is 5.31. The van der Waals surface area contributed by atoms with E-state index in [1.165, 1.54) is 0 Å². The zero-order chi connectivity index (χ0) is 12.6. The Hall–Kier alpha value is -1.70. The van der Waals surface area contributed by atoms with Gasteiger partial charge in [0.15, 0.2) is 0 Å². The normalized spacial score (nSPS) is 13.3. The number of rotatable bonds is 6. The van der Waals surface area contributed by atoms with Gasteiger partial charge in [-0.05, 0) is 12.8 Å². The molecule has 90 valence electrons. The van der Waals surface area contributed by atoms with E-state index in [4.69, 9.17) is 11.5 Å². The van der Waals surface area contributed by atoms with E-state index >= 15 is 0 Å². The maximum atomic E-state index is 11.4. The molecule has 16 heavy (non-hydrogen) atoms. The molecule has 2 amide bonds. The fraction of sp³-hybridized carbons (Fsp3) is 0.636. The summed E-state index contributed by atoms with van der Waals surface area (Å²) < 4.78 is 0. The predicted molar refractivity (Wildman–Crippen MR) is 60.9 cm³/mol. The van der Waals surface area contributed by atoms with Gasteiger partial charge in [0, 0.05) is 0 Å². The first kappa shape index (κ1) is 14.3. The molecule has 0 radical (unpaired) electrons. The molecule has 5 nitrogen and oxygen atoms in total. The number of carboxylic acids is 1. The highest BCUT2D eigenvalue weighted by atomic mass is 16.4. The minimum Gasteiger partial charge on any atom is -0.480 e. The molecule has 0 bridgehead atoms. The van der Waals surface area contributed by atoms with Gasteiger partial charge in [0.05, 0.1) is 6.04 Å². The summed E-state index contributed by atoms with van der Waals surface area (Å²) in [6, 6.07) is -1.76. The highest BCUT2D eigenvalue weighted by Gasteiger charge is 2.18. The van der Waals surface area contributed by atoms with Crippen LogP contribution in [0.2, 0.25) is 0 Å². The third kappa shape index (κ3) is 5.25. The lowest BCUT2D eigenvalue weighted by Gasteiger charge is -2.16. The summed E-state index contributed by atoms with van der Waals surface area (Å²) >= 11 is 0. The second-order valence-corrected chi connectivity index (χ2v) is 3.42. The summed E-state index contributed by atoms with van der Waals surface area (Å²) in [4.78, 5) is 22.0. The molecule has 0 aromatic heterocycles. The molecule has 0 spiro atoms. The van der Waals surface area contributed by atoms with Gasteiger partial charge < -0.3 is 15.7 Å². The highest BCUT2D eigenvalue weighted by molar-refractivity contribution is 5.82. The number of terminal acetylenes is 1. The van der Waals surface area contributed by atoms with Crippen molar-refractivity contribution in [2.45, 2.75) is 45.2 Å². The number of carbonyl (C=O) groups excluding carboxylic acids is 1. The largest absolute Gasteiger partial charge is 0.480 e. The Morgan fingerprint density at radius 3 is 2.38 bits per heavy atom. The fourth-order valence-electron chi connectivity index (χ4n) is 1.18. The zero-order valence-electron chi connectivity index (χ0n) is 9.62. The monoisotopic (exact) mass is 226 g/mol. The van der Waals surface area contributed by atoms with Crippen LogP contribution in [0.3, 0.4) is 0 Å². The molecule has 0 heterocycles. The Kier molecular flexibility index (Phi) is 6.77. The molecule has 2 unspecified atom stereocenters. The number of nitrogens with one attached hydrogen (secondary N) is 2. The van der Waals surface area contributed by atoms with Crippen LogP contribution in [0.15, 0.2) is 0 Å². The summed E-state index contributed by atoms with van der Waals surface area (Å²) in [7, 11) is 0. The molecule has 5 heteroatoms. The standard InChI is InChI=1S/C11H18N2O3/c1-4-7-8(5-2)12-11(16)13-9(6-3)10(14)15/h2,8-9H,4,6-7H2,1,3H3,(H,14,15)(H2,12,13,16). The van der Waals surface area contributed by atoms with E-state index in [2.05, 4.69) is 16.6 Å². The van der Waals surface area contributed by atoms with E-state index in [1.807, 2.05) is 6.92 Å². The molecule has 0 fully saturated rings. The van der Waals surface area contributed by atoms with Crippen molar-refractivity contribution in [1.29, 1.82) is 0 Å². The summed E-state index contributed by atoms with van der Waals surface area (Å²) in [5.74, 6) is 1.38. The van der Waals surface area contributed by atoms with Gasteiger partial charge in [-0.2, -0.15) is 0 Å². The Morgan fingerprint density at radius 2 is 2.00 bits per heavy atom. The van der Waals surface area contributed by atoms with Crippen molar-refractivity contribution >= 4 is 12.0 Å². The van der Waals surface area contributed by atoms with Crippen LogP contribution < -0.4 is 10.6 Å². The second kappa shape index (κ2) is 7.57. The summed E-state index contributed by atoms with van der Waals surface area (Å²) in [5, 5.41) is 13.6. The molecule has 3 N–H and O–H groups in total. The van der Waals surface area contributed by atoms with Gasteiger partial charge in [-0.1, -0.05) is 26.2 Å². The Labute approximate surface area is 95.6 Å². The molecule has 0 aliphatic heterocycles. The lowest BCUT2D eigenvalue weighted by atomic mass is 10.2. The quantitative estimate of drug-likeness (QED) is 0.590. The highest BCUT2D eigenvalue weighted by Crippen LogP contribution is 1.95. The minimum absolute atomic E-state index is 0.331. The average molecular weight is 226 g/mol. The number of hydrogen-bond acceptors (Lipinski definition) is 2. The number of urea groups is 1. The summed E-state index contributed by atoms with van der Waals surface area (Å²) in [6.07, 6.45) is 7.08. The first-order chi connectivity index (χ1) is 7.54. The van der Waals surface area contributed by atoms with E-state index in [0.29, 0.717) is 12.8 Å². The van der Waals surface area contributed by atoms with Crippen molar-refractivity contribution in [3.8, 4) is 12.3 Å². The van der Waals surface area contributed by atoms with Crippen molar-refractivity contribution in [2.24, 2.45) is 0 Å². The fourth-order valence-corrected chi connectivity index (χ4v) is 1.18. The second-order valence-electron chi connectivity index (χ2n) is 3.42. The van der Waals surface area contributed by atoms with Gasteiger partial charge in [0.2, 0.25) is 0 Å². The maximum Gasteiger partial charge on any atom is 0.326 e. The number of carboxylic acid groups (broad SMARTS) is 1. The molecule has 0 aliphatic rings. The Bertz CT molecular complexity index is 283. The van der Waals surface area contributed by atoms with Gasteiger partial charge in [-0.25, -0.2) is 9.59 Å². The van der Waals surface area contributed by atoms with Gasteiger partial charge in [0.1, 0.15) is 6.04 Å². The lowest BCUT2D eigenvalue weighted by molar-refractivity contribution is -0.139. The third-order valence-electron chi connectivity index (χ3n) is 2.10. The number of aliphatic carboxylic acids is 1. The zero-order valence-corrected chi connectivity index (χ0v) is 9.62. The van der Waals surface area contributed by atoms with Crippen LogP contribution in [0.1, 0.15) is 33.1 Å². The smallest absolute Gasteiger partial charge is 0.326 e. The minimum atomic E-state index is -1.05. The van der Waals surface area contributed by atoms with Crippen LogP contribution in [0.5, 0.6) is 0 Å². The van der Waals surface area contributed by atoms with Gasteiger partial charge >= 0.3 is 12.0 Å². The number of carbonyl (C=O) groups is 2. The maximum absolute atomic E-state index is 11.4. The van der Waals surface area contributed by atoms with Crippen molar-refractivity contribution < 1.29 is 14.7 Å². The van der Waals surface area contributed by atoms with Crippen molar-refractivity contribution in [2.75, 3.05) is 0 Å². The van der Waals surface area contributed by atoms with Crippen LogP contribution in [-0.4, -0.2) is 29.2 Å². The molecule has 0 aromatic carbocycles. The SMILES string of the molecule is C#CC(CCC)NC(=O)NC(CC)C(=O)O.